The second-order valence-electron chi connectivity index (χ2n) is 5.36. The molecule has 0 spiro atoms. The summed E-state index contributed by atoms with van der Waals surface area (Å²) in [5.41, 5.74) is 2.00. The summed E-state index contributed by atoms with van der Waals surface area (Å²) in [5, 5.41) is 14.6. The van der Waals surface area contributed by atoms with Gasteiger partial charge in [-0.05, 0) is 31.7 Å². The lowest BCUT2D eigenvalue weighted by molar-refractivity contribution is 0.108. The normalized spacial score (nSPS) is 14.2. The van der Waals surface area contributed by atoms with Crippen LogP contribution in [0.4, 0.5) is 0 Å². The Morgan fingerprint density at radius 2 is 2.14 bits per heavy atom. The Kier molecular flexibility index (Phi) is 4.98. The molecule has 0 aliphatic carbocycles. The van der Waals surface area contributed by atoms with Crippen LogP contribution in [0.25, 0.3) is 0 Å². The van der Waals surface area contributed by atoms with E-state index in [1.807, 2.05) is 50.8 Å². The molecule has 5 nitrogen and oxygen atoms in total. The van der Waals surface area contributed by atoms with Gasteiger partial charge in [0.15, 0.2) is 0 Å². The van der Waals surface area contributed by atoms with Crippen molar-refractivity contribution in [2.45, 2.75) is 19.1 Å². The highest BCUT2D eigenvalue weighted by Crippen LogP contribution is 2.23. The van der Waals surface area contributed by atoms with Crippen molar-refractivity contribution in [1.82, 2.24) is 14.7 Å². The Morgan fingerprint density at radius 1 is 1.38 bits per heavy atom. The zero-order valence-corrected chi connectivity index (χ0v) is 13.0. The van der Waals surface area contributed by atoms with Crippen LogP contribution in [0, 0.1) is 0 Å². The third-order valence-corrected chi connectivity index (χ3v) is 3.81. The van der Waals surface area contributed by atoms with Gasteiger partial charge >= 0.3 is 0 Å². The van der Waals surface area contributed by atoms with Gasteiger partial charge in [-0.2, -0.15) is 5.10 Å². The summed E-state index contributed by atoms with van der Waals surface area (Å²) >= 11 is 0. The first-order chi connectivity index (χ1) is 10.0. The molecule has 0 fully saturated rings. The number of hydrogen-bond donors (Lipinski definition) is 1. The number of aryl methyl sites for hydroxylation is 1. The van der Waals surface area contributed by atoms with E-state index >= 15 is 0 Å². The quantitative estimate of drug-likeness (QED) is 0.885. The number of nitrogens with zero attached hydrogens (tertiary/aromatic N) is 3. The first-order valence-corrected chi connectivity index (χ1v) is 7.02. The van der Waals surface area contributed by atoms with Crippen LogP contribution >= 0.6 is 0 Å². The fraction of sp³-hybridized carbons (Fsp3) is 0.438. The van der Waals surface area contributed by atoms with Gasteiger partial charge in [0.1, 0.15) is 5.75 Å². The van der Waals surface area contributed by atoms with Crippen LogP contribution in [0.5, 0.6) is 5.75 Å². The topological polar surface area (TPSA) is 50.5 Å². The van der Waals surface area contributed by atoms with Crippen LogP contribution in [0.15, 0.2) is 36.7 Å². The van der Waals surface area contributed by atoms with Crippen LogP contribution in [-0.4, -0.2) is 40.5 Å². The highest BCUT2D eigenvalue weighted by atomic mass is 16.5. The smallest absolute Gasteiger partial charge is 0.119 e. The molecule has 0 saturated heterocycles. The van der Waals surface area contributed by atoms with Crippen molar-refractivity contribution >= 4 is 0 Å². The predicted molar refractivity (Wildman–Crippen MR) is 82.2 cm³/mol. The van der Waals surface area contributed by atoms with E-state index in [0.717, 1.165) is 16.9 Å². The molecule has 0 aliphatic rings. The fourth-order valence-corrected chi connectivity index (χ4v) is 2.30. The first kappa shape index (κ1) is 15.5. The van der Waals surface area contributed by atoms with E-state index in [4.69, 9.17) is 4.74 Å². The molecule has 2 rings (SSSR count). The van der Waals surface area contributed by atoms with Gasteiger partial charge in [-0.25, -0.2) is 0 Å². The van der Waals surface area contributed by atoms with Crippen molar-refractivity contribution < 1.29 is 9.84 Å². The minimum Gasteiger partial charge on any atom is -0.497 e. The van der Waals surface area contributed by atoms with E-state index < -0.39 is 6.10 Å². The monoisotopic (exact) mass is 289 g/mol. The Balaban J connectivity index is 2.02. The Hall–Kier alpha value is -1.85. The molecule has 1 heterocycles. The van der Waals surface area contributed by atoms with Crippen molar-refractivity contribution in [2.24, 2.45) is 7.05 Å². The maximum absolute atomic E-state index is 10.4. The molecule has 1 aromatic heterocycles. The third-order valence-electron chi connectivity index (χ3n) is 3.81. The summed E-state index contributed by atoms with van der Waals surface area (Å²) in [4.78, 5) is 2.11. The maximum atomic E-state index is 10.4. The van der Waals surface area contributed by atoms with Crippen molar-refractivity contribution in [1.29, 1.82) is 0 Å². The summed E-state index contributed by atoms with van der Waals surface area (Å²) in [7, 11) is 5.53. The van der Waals surface area contributed by atoms with Crippen molar-refractivity contribution in [3.05, 3.63) is 47.8 Å². The van der Waals surface area contributed by atoms with E-state index in [-0.39, 0.29) is 6.04 Å². The number of aliphatic hydroxyl groups excluding tert-OH is 1. The van der Waals surface area contributed by atoms with E-state index in [9.17, 15) is 5.11 Å². The number of benzene rings is 1. The summed E-state index contributed by atoms with van der Waals surface area (Å²) in [6.45, 7) is 2.65. The molecule has 21 heavy (non-hydrogen) atoms. The number of rotatable bonds is 6. The molecule has 0 amide bonds. The molecule has 0 aliphatic heterocycles. The molecule has 114 valence electrons. The number of hydrogen-bond acceptors (Lipinski definition) is 4. The minimum absolute atomic E-state index is 0.193. The minimum atomic E-state index is -0.552. The molecule has 0 radical (unpaired) electrons. The summed E-state index contributed by atoms with van der Waals surface area (Å²) in [6, 6.07) is 7.74. The number of likely N-dealkylation sites (N-methyl/N-ethyl adjacent to an activating group) is 1. The zero-order chi connectivity index (χ0) is 15.4. The van der Waals surface area contributed by atoms with Gasteiger partial charge in [-0.1, -0.05) is 12.1 Å². The summed E-state index contributed by atoms with van der Waals surface area (Å²) in [6.07, 6.45) is 3.31. The molecular formula is C16H23N3O2. The van der Waals surface area contributed by atoms with Gasteiger partial charge in [-0.15, -0.1) is 0 Å². The molecule has 2 aromatic rings. The van der Waals surface area contributed by atoms with Gasteiger partial charge in [0.25, 0.3) is 0 Å². The van der Waals surface area contributed by atoms with E-state index in [0.29, 0.717) is 6.54 Å². The zero-order valence-electron chi connectivity index (χ0n) is 13.0. The number of ether oxygens (including phenoxy) is 1. The number of aromatic nitrogens is 2. The Bertz CT molecular complexity index is 582. The van der Waals surface area contributed by atoms with Crippen molar-refractivity contribution in [2.75, 3.05) is 20.7 Å². The average molecular weight is 289 g/mol. The fourth-order valence-electron chi connectivity index (χ4n) is 2.30. The highest BCUT2D eigenvalue weighted by molar-refractivity contribution is 5.30. The standard InChI is InChI=1S/C16H23N3O2/c1-12(14-9-17-19(3)10-14)18(2)11-16(20)13-6-5-7-15(8-13)21-4/h5-10,12,16,20H,11H2,1-4H3. The summed E-state index contributed by atoms with van der Waals surface area (Å²) in [5.74, 6) is 0.759. The van der Waals surface area contributed by atoms with Crippen LogP contribution in [0.3, 0.4) is 0 Å². The van der Waals surface area contributed by atoms with E-state index in [1.165, 1.54) is 0 Å². The largest absolute Gasteiger partial charge is 0.497 e. The van der Waals surface area contributed by atoms with Crippen LogP contribution in [-0.2, 0) is 7.05 Å². The highest BCUT2D eigenvalue weighted by Gasteiger charge is 2.18. The second kappa shape index (κ2) is 6.74. The van der Waals surface area contributed by atoms with Gasteiger partial charge in [0.2, 0.25) is 0 Å². The Morgan fingerprint density at radius 3 is 2.76 bits per heavy atom. The molecule has 2 atom stereocenters. The lowest BCUT2D eigenvalue weighted by Crippen LogP contribution is -2.27. The van der Waals surface area contributed by atoms with Gasteiger partial charge in [0, 0.05) is 31.4 Å². The molecular weight excluding hydrogens is 266 g/mol. The van der Waals surface area contributed by atoms with Crippen molar-refractivity contribution in [3.8, 4) is 5.75 Å². The Labute approximate surface area is 125 Å². The van der Waals surface area contributed by atoms with Crippen LogP contribution in [0.1, 0.15) is 30.2 Å². The van der Waals surface area contributed by atoms with Gasteiger partial charge in [-0.3, -0.25) is 9.58 Å². The molecule has 0 saturated carbocycles. The molecule has 0 bridgehead atoms. The number of methoxy groups -OCH3 is 1. The SMILES string of the molecule is COc1cccc(C(O)CN(C)C(C)c2cnn(C)c2)c1. The van der Waals surface area contributed by atoms with Gasteiger partial charge in [0.05, 0.1) is 19.4 Å². The van der Waals surface area contributed by atoms with E-state index in [2.05, 4.69) is 16.9 Å². The molecule has 1 aromatic carbocycles. The first-order valence-electron chi connectivity index (χ1n) is 7.02. The predicted octanol–water partition coefficient (Wildman–Crippen LogP) is 2.16. The van der Waals surface area contributed by atoms with Gasteiger partial charge < -0.3 is 9.84 Å². The third kappa shape index (κ3) is 3.83. The second-order valence-corrected chi connectivity index (χ2v) is 5.36. The molecule has 5 heteroatoms. The maximum Gasteiger partial charge on any atom is 0.119 e. The summed E-state index contributed by atoms with van der Waals surface area (Å²) < 4.78 is 6.98. The van der Waals surface area contributed by atoms with Crippen LogP contribution in [0.2, 0.25) is 0 Å². The lowest BCUT2D eigenvalue weighted by Gasteiger charge is -2.26. The van der Waals surface area contributed by atoms with E-state index in [1.54, 1.807) is 11.8 Å². The van der Waals surface area contributed by atoms with Crippen molar-refractivity contribution in [3.63, 3.8) is 0 Å². The number of aliphatic hydroxyl groups is 1. The molecule has 1 N–H and O–H groups in total. The average Bonchev–Trinajstić information content (AvgIpc) is 2.92. The van der Waals surface area contributed by atoms with Crippen LogP contribution < -0.4 is 4.74 Å². The molecule has 2 unspecified atom stereocenters. The lowest BCUT2D eigenvalue weighted by atomic mass is 10.1.